The molecule has 2 heterocycles. The zero-order chi connectivity index (χ0) is 14.2. The first kappa shape index (κ1) is 12.9. The first-order chi connectivity index (χ1) is 10.3. The van der Waals surface area contributed by atoms with Gasteiger partial charge in [-0.25, -0.2) is 14.1 Å². The van der Waals surface area contributed by atoms with Crippen LogP contribution in [0.3, 0.4) is 0 Å². The molecule has 0 saturated heterocycles. The van der Waals surface area contributed by atoms with Gasteiger partial charge in [0.15, 0.2) is 0 Å². The zero-order valence-corrected chi connectivity index (χ0v) is 12.2. The highest BCUT2D eigenvalue weighted by Crippen LogP contribution is 2.34. The highest BCUT2D eigenvalue weighted by atomic mass is 32.1. The number of fused-ring (bicyclic) bond motifs is 1. The number of hydrogen-bond acceptors (Lipinski definition) is 4. The van der Waals surface area contributed by atoms with Crippen molar-refractivity contribution in [1.29, 1.82) is 0 Å². The molecule has 0 unspecified atom stereocenters. The molecule has 6 heteroatoms. The van der Waals surface area contributed by atoms with Crippen LogP contribution >= 0.6 is 11.3 Å². The highest BCUT2D eigenvalue weighted by molar-refractivity contribution is 7.19. The van der Waals surface area contributed by atoms with E-state index in [9.17, 15) is 4.39 Å². The number of aromatic nitrogens is 3. The van der Waals surface area contributed by atoms with Gasteiger partial charge >= 0.3 is 0 Å². The van der Waals surface area contributed by atoms with Gasteiger partial charge in [-0.1, -0.05) is 6.07 Å². The van der Waals surface area contributed by atoms with Crippen LogP contribution in [0.5, 0.6) is 0 Å². The van der Waals surface area contributed by atoms with Crippen molar-refractivity contribution in [3.8, 4) is 0 Å². The number of thiophene rings is 1. The van der Waals surface area contributed by atoms with E-state index >= 15 is 0 Å². The lowest BCUT2D eigenvalue weighted by Crippen LogP contribution is -2.16. The van der Waals surface area contributed by atoms with Gasteiger partial charge in [0.05, 0.1) is 6.54 Å². The number of nitrogens with zero attached hydrogens (tertiary/aromatic N) is 3. The first-order valence-electron chi connectivity index (χ1n) is 7.06. The summed E-state index contributed by atoms with van der Waals surface area (Å²) < 4.78 is 17.0. The fourth-order valence-electron chi connectivity index (χ4n) is 2.53. The molecule has 1 aliphatic rings. The Morgan fingerprint density at radius 2 is 2.29 bits per heavy atom. The number of benzene rings is 1. The summed E-state index contributed by atoms with van der Waals surface area (Å²) in [5.41, 5.74) is 1.02. The summed E-state index contributed by atoms with van der Waals surface area (Å²) in [4.78, 5) is 5.16. The molecule has 4 rings (SSSR count). The Morgan fingerprint density at radius 3 is 3.05 bits per heavy atom. The molecular formula is C15H15FN4S. The van der Waals surface area contributed by atoms with Gasteiger partial charge in [-0.3, -0.25) is 0 Å². The maximum absolute atomic E-state index is 14.2. The normalized spacial score (nSPS) is 14.9. The van der Waals surface area contributed by atoms with Crippen molar-refractivity contribution in [1.82, 2.24) is 20.1 Å². The van der Waals surface area contributed by atoms with E-state index in [0.29, 0.717) is 12.6 Å². The molecule has 0 bridgehead atoms. The molecule has 0 atom stereocenters. The number of nitrogens with one attached hydrogen (secondary N) is 1. The first-order valence-corrected chi connectivity index (χ1v) is 7.87. The second kappa shape index (κ2) is 5.20. The summed E-state index contributed by atoms with van der Waals surface area (Å²) >= 11 is 1.67. The van der Waals surface area contributed by atoms with E-state index in [2.05, 4.69) is 15.4 Å². The van der Waals surface area contributed by atoms with Gasteiger partial charge in [0.2, 0.25) is 0 Å². The van der Waals surface area contributed by atoms with Crippen LogP contribution in [0.1, 0.15) is 23.3 Å². The molecule has 0 aliphatic heterocycles. The summed E-state index contributed by atoms with van der Waals surface area (Å²) in [6.45, 7) is 1.36. The largest absolute Gasteiger partial charge is 0.309 e. The van der Waals surface area contributed by atoms with E-state index in [1.165, 1.54) is 30.1 Å². The number of halogens is 1. The fourth-order valence-corrected chi connectivity index (χ4v) is 3.71. The Kier molecular flexibility index (Phi) is 3.20. The second-order valence-corrected chi connectivity index (χ2v) is 6.50. The van der Waals surface area contributed by atoms with E-state index in [1.807, 2.05) is 6.07 Å². The minimum Gasteiger partial charge on any atom is -0.309 e. The fraction of sp³-hybridized carbons (Fsp3) is 0.333. The summed E-state index contributed by atoms with van der Waals surface area (Å²) in [5, 5.41) is 8.39. The van der Waals surface area contributed by atoms with Crippen LogP contribution < -0.4 is 5.32 Å². The quantitative estimate of drug-likeness (QED) is 0.788. The van der Waals surface area contributed by atoms with E-state index in [4.69, 9.17) is 0 Å². The molecule has 1 aliphatic carbocycles. The van der Waals surface area contributed by atoms with Crippen LogP contribution in [0.4, 0.5) is 4.39 Å². The molecule has 4 nitrogen and oxygen atoms in total. The summed E-state index contributed by atoms with van der Waals surface area (Å²) in [7, 11) is 0. The minimum atomic E-state index is -0.156. The topological polar surface area (TPSA) is 42.7 Å². The van der Waals surface area contributed by atoms with Gasteiger partial charge in [0, 0.05) is 27.5 Å². The summed E-state index contributed by atoms with van der Waals surface area (Å²) in [6, 6.07) is 5.91. The van der Waals surface area contributed by atoms with Gasteiger partial charge in [0.1, 0.15) is 18.5 Å². The van der Waals surface area contributed by atoms with Gasteiger partial charge in [0.25, 0.3) is 0 Å². The Morgan fingerprint density at radius 1 is 1.38 bits per heavy atom. The molecule has 2 aromatic heterocycles. The molecular weight excluding hydrogens is 287 g/mol. The number of rotatable bonds is 5. The Bertz CT molecular complexity index is 761. The van der Waals surface area contributed by atoms with Crippen molar-refractivity contribution in [2.45, 2.75) is 32.0 Å². The van der Waals surface area contributed by atoms with Crippen molar-refractivity contribution in [2.24, 2.45) is 0 Å². The lowest BCUT2D eigenvalue weighted by atomic mass is 10.1. The third kappa shape index (κ3) is 2.56. The minimum absolute atomic E-state index is 0.156. The molecule has 1 aromatic carbocycles. The lowest BCUT2D eigenvalue weighted by Gasteiger charge is -2.06. The Balaban J connectivity index is 1.76. The maximum atomic E-state index is 14.2. The molecule has 0 amide bonds. The molecule has 108 valence electrons. The molecule has 1 N–H and O–H groups in total. The van der Waals surface area contributed by atoms with Crippen LogP contribution in [0.2, 0.25) is 0 Å². The van der Waals surface area contributed by atoms with Crippen molar-refractivity contribution < 1.29 is 4.39 Å². The average Bonchev–Trinajstić information content (AvgIpc) is 3.03. The molecule has 21 heavy (non-hydrogen) atoms. The average molecular weight is 302 g/mol. The van der Waals surface area contributed by atoms with E-state index in [1.54, 1.807) is 28.4 Å². The van der Waals surface area contributed by atoms with Crippen molar-refractivity contribution >= 4 is 21.4 Å². The SMILES string of the molecule is Fc1cccc2sc(CNC3CC3)c(Cn3cncn3)c12. The molecule has 1 saturated carbocycles. The summed E-state index contributed by atoms with van der Waals surface area (Å²) in [6.07, 6.45) is 5.67. The molecule has 3 aromatic rings. The zero-order valence-electron chi connectivity index (χ0n) is 11.4. The highest BCUT2D eigenvalue weighted by Gasteiger charge is 2.22. The Labute approximate surface area is 125 Å². The second-order valence-electron chi connectivity index (χ2n) is 5.36. The van der Waals surface area contributed by atoms with E-state index in [0.717, 1.165) is 22.2 Å². The van der Waals surface area contributed by atoms with Gasteiger partial charge < -0.3 is 5.32 Å². The van der Waals surface area contributed by atoms with Crippen molar-refractivity contribution in [2.75, 3.05) is 0 Å². The van der Waals surface area contributed by atoms with Gasteiger partial charge in [-0.15, -0.1) is 11.3 Å². The van der Waals surface area contributed by atoms with Crippen LogP contribution in [0.25, 0.3) is 10.1 Å². The third-order valence-electron chi connectivity index (χ3n) is 3.76. The molecule has 0 spiro atoms. The monoisotopic (exact) mass is 302 g/mol. The third-order valence-corrected chi connectivity index (χ3v) is 4.96. The van der Waals surface area contributed by atoms with Crippen LogP contribution in [0.15, 0.2) is 30.9 Å². The van der Waals surface area contributed by atoms with Crippen LogP contribution in [-0.4, -0.2) is 20.8 Å². The van der Waals surface area contributed by atoms with Crippen molar-refractivity contribution in [3.63, 3.8) is 0 Å². The van der Waals surface area contributed by atoms with Crippen LogP contribution in [0, 0.1) is 5.82 Å². The standard InChI is InChI=1S/C15H15FN4S/c16-12-2-1-3-13-15(12)11(7-20-9-17-8-19-20)14(21-13)6-18-10-4-5-10/h1-3,8-10,18H,4-7H2. The van der Waals surface area contributed by atoms with Gasteiger partial charge in [-0.05, 0) is 30.5 Å². The maximum Gasteiger partial charge on any atom is 0.137 e. The molecule has 1 fully saturated rings. The number of hydrogen-bond donors (Lipinski definition) is 1. The predicted molar refractivity (Wildman–Crippen MR) is 80.8 cm³/mol. The van der Waals surface area contributed by atoms with Gasteiger partial charge in [-0.2, -0.15) is 5.10 Å². The molecule has 0 radical (unpaired) electrons. The van der Waals surface area contributed by atoms with Crippen LogP contribution in [-0.2, 0) is 13.1 Å². The van der Waals surface area contributed by atoms with E-state index in [-0.39, 0.29) is 5.82 Å². The lowest BCUT2D eigenvalue weighted by molar-refractivity contribution is 0.632. The smallest absolute Gasteiger partial charge is 0.137 e. The summed E-state index contributed by atoms with van der Waals surface area (Å²) in [5.74, 6) is -0.156. The predicted octanol–water partition coefficient (Wildman–Crippen LogP) is 2.93. The van der Waals surface area contributed by atoms with Crippen molar-refractivity contribution in [3.05, 3.63) is 47.1 Å². The van der Waals surface area contributed by atoms with E-state index < -0.39 is 0 Å². The Hall–Kier alpha value is -1.79.